The molecule has 39 heavy (non-hydrogen) atoms. The van der Waals surface area contributed by atoms with Crippen LogP contribution in [0.2, 0.25) is 15.1 Å². The summed E-state index contributed by atoms with van der Waals surface area (Å²) in [5.74, 6) is 0.597. The van der Waals surface area contributed by atoms with E-state index in [1.807, 2.05) is 6.07 Å². The van der Waals surface area contributed by atoms with E-state index in [1.54, 1.807) is 0 Å². The summed E-state index contributed by atoms with van der Waals surface area (Å²) in [5.41, 5.74) is 1.35. The largest absolute Gasteiger partial charge is 0.465 e. The molecule has 0 bridgehead atoms. The van der Waals surface area contributed by atoms with E-state index in [9.17, 15) is 13.2 Å². The maximum atomic E-state index is 12.4. The molecular weight excluding hydrogens is 581 g/mol. The number of nitrogens with zero attached hydrogens (tertiary/aromatic N) is 2. The Morgan fingerprint density at radius 1 is 1.00 bits per heavy atom. The lowest BCUT2D eigenvalue weighted by Crippen LogP contribution is -2.39. The maximum absolute atomic E-state index is 12.4. The van der Waals surface area contributed by atoms with Crippen molar-refractivity contribution in [1.29, 1.82) is 0 Å². The van der Waals surface area contributed by atoms with Crippen molar-refractivity contribution in [2.75, 3.05) is 27.7 Å². The summed E-state index contributed by atoms with van der Waals surface area (Å²) in [5, 5.41) is 11.8. The summed E-state index contributed by atoms with van der Waals surface area (Å²) in [4.78, 5) is 12.9. The number of unbranched alkanes of at least 4 members (excludes halogenated alkanes) is 2. The molecule has 1 saturated carbocycles. The number of carboxylic acid groups (broad SMARTS) is 1. The Labute approximate surface area is 248 Å². The van der Waals surface area contributed by atoms with Crippen molar-refractivity contribution in [2.45, 2.75) is 68.8 Å². The fourth-order valence-corrected chi connectivity index (χ4v) is 7.73. The fraction of sp³-hybridized carbons (Fsp3) is 0.536. The van der Waals surface area contributed by atoms with Crippen LogP contribution in [0.1, 0.15) is 63.5 Å². The lowest BCUT2D eigenvalue weighted by atomic mass is 9.79. The van der Waals surface area contributed by atoms with Gasteiger partial charge in [0.2, 0.25) is 10.0 Å². The molecule has 1 atom stereocenters. The Morgan fingerprint density at radius 3 is 2.05 bits per heavy atom. The maximum Gasteiger partial charge on any atom is 0.404 e. The van der Waals surface area contributed by atoms with Crippen molar-refractivity contribution in [3.8, 4) is 0 Å². The van der Waals surface area contributed by atoms with Gasteiger partial charge in [0, 0.05) is 30.7 Å². The predicted molar refractivity (Wildman–Crippen MR) is 161 cm³/mol. The van der Waals surface area contributed by atoms with Crippen LogP contribution in [-0.2, 0) is 10.0 Å². The number of halogens is 3. The first kappa shape index (κ1) is 33.7. The van der Waals surface area contributed by atoms with Crippen LogP contribution in [0.3, 0.4) is 0 Å². The van der Waals surface area contributed by atoms with Crippen molar-refractivity contribution >= 4 is 50.9 Å². The smallest absolute Gasteiger partial charge is 0.404 e. The second-order valence-electron chi connectivity index (χ2n) is 10.1. The van der Waals surface area contributed by atoms with Crippen LogP contribution >= 0.6 is 34.8 Å². The molecule has 1 amide bonds. The number of amides is 1. The number of hydrogen-bond donors (Lipinski definition) is 2. The Bertz CT molecular complexity index is 1130. The fourth-order valence-electron chi connectivity index (χ4n) is 5.03. The van der Waals surface area contributed by atoms with Crippen LogP contribution in [0.15, 0.2) is 47.4 Å². The van der Waals surface area contributed by atoms with Crippen molar-refractivity contribution < 1.29 is 18.3 Å². The quantitative estimate of drug-likeness (QED) is 0.267. The Hall–Kier alpha value is -1.55. The Balaban J connectivity index is 0.000000274. The summed E-state index contributed by atoms with van der Waals surface area (Å²) in [7, 11) is 2.08. The van der Waals surface area contributed by atoms with Gasteiger partial charge in [0.25, 0.3) is 0 Å². The van der Waals surface area contributed by atoms with Gasteiger partial charge in [-0.15, -0.1) is 0 Å². The van der Waals surface area contributed by atoms with Crippen LogP contribution in [0, 0.1) is 5.92 Å². The summed E-state index contributed by atoms with van der Waals surface area (Å²) >= 11 is 17.7. The highest BCUT2D eigenvalue weighted by molar-refractivity contribution is 7.89. The van der Waals surface area contributed by atoms with E-state index in [4.69, 9.17) is 39.9 Å². The molecule has 1 aliphatic carbocycles. The highest BCUT2D eigenvalue weighted by Crippen LogP contribution is 2.37. The van der Waals surface area contributed by atoms with E-state index in [2.05, 4.69) is 55.5 Å². The number of nitrogens with one attached hydrogen (secondary N) is 1. The molecule has 1 unspecified atom stereocenters. The molecule has 0 aliphatic heterocycles. The van der Waals surface area contributed by atoms with E-state index in [-0.39, 0.29) is 21.0 Å². The van der Waals surface area contributed by atoms with Crippen LogP contribution in [0.4, 0.5) is 4.79 Å². The monoisotopic (exact) mass is 619 g/mol. The van der Waals surface area contributed by atoms with Gasteiger partial charge in [-0.3, -0.25) is 0 Å². The van der Waals surface area contributed by atoms with Gasteiger partial charge in [-0.05, 0) is 69.8 Å². The third-order valence-electron chi connectivity index (χ3n) is 6.95. The lowest BCUT2D eigenvalue weighted by molar-refractivity contribution is 0.149. The molecule has 0 heterocycles. The van der Waals surface area contributed by atoms with Gasteiger partial charge in [-0.2, -0.15) is 0 Å². The zero-order valence-electron chi connectivity index (χ0n) is 23.0. The number of rotatable bonds is 10. The van der Waals surface area contributed by atoms with Crippen molar-refractivity contribution in [3.63, 3.8) is 0 Å². The van der Waals surface area contributed by atoms with Gasteiger partial charge in [-0.1, -0.05) is 84.9 Å². The average molecular weight is 621 g/mol. The minimum atomic E-state index is -3.69. The third kappa shape index (κ3) is 10.1. The minimum Gasteiger partial charge on any atom is -0.465 e. The second-order valence-corrected chi connectivity index (χ2v) is 13.3. The van der Waals surface area contributed by atoms with Gasteiger partial charge < -0.3 is 15.3 Å². The van der Waals surface area contributed by atoms with E-state index in [1.165, 1.54) is 29.0 Å². The van der Waals surface area contributed by atoms with Crippen molar-refractivity contribution in [2.24, 2.45) is 5.92 Å². The molecule has 0 spiro atoms. The molecular formula is C28H40Cl3N3O4S. The number of carbonyl (C=O) groups is 1. The molecule has 2 aromatic rings. The van der Waals surface area contributed by atoms with E-state index >= 15 is 0 Å². The van der Waals surface area contributed by atoms with E-state index in [0.29, 0.717) is 23.5 Å². The van der Waals surface area contributed by atoms with Gasteiger partial charge >= 0.3 is 6.09 Å². The molecule has 1 aliphatic rings. The van der Waals surface area contributed by atoms with Gasteiger partial charge in [0.05, 0.1) is 10.0 Å². The first-order valence-corrected chi connectivity index (χ1v) is 15.8. The molecule has 7 nitrogen and oxygen atoms in total. The molecule has 0 saturated heterocycles. The van der Waals surface area contributed by atoms with Crippen LogP contribution in [0.5, 0.6) is 0 Å². The zero-order valence-corrected chi connectivity index (χ0v) is 26.1. The predicted octanol–water partition coefficient (Wildman–Crippen LogP) is 7.57. The van der Waals surface area contributed by atoms with Crippen molar-refractivity contribution in [1.82, 2.24) is 14.5 Å². The highest BCUT2D eigenvalue weighted by Gasteiger charge is 2.30. The summed E-state index contributed by atoms with van der Waals surface area (Å²) < 4.78 is 26.1. The van der Waals surface area contributed by atoms with Gasteiger partial charge in [-0.25, -0.2) is 17.5 Å². The topological polar surface area (TPSA) is 90.0 Å². The number of benzene rings is 2. The molecule has 0 aromatic heterocycles. The second kappa shape index (κ2) is 16.0. The summed E-state index contributed by atoms with van der Waals surface area (Å²) in [6.07, 6.45) is 5.92. The van der Waals surface area contributed by atoms with Gasteiger partial charge in [0.1, 0.15) is 4.90 Å². The first-order chi connectivity index (χ1) is 18.4. The highest BCUT2D eigenvalue weighted by atomic mass is 35.5. The van der Waals surface area contributed by atoms with Crippen molar-refractivity contribution in [3.05, 3.63) is 63.1 Å². The van der Waals surface area contributed by atoms with E-state index in [0.717, 1.165) is 44.9 Å². The van der Waals surface area contributed by atoms with Crippen LogP contribution < -0.4 is 5.32 Å². The normalized spacial score (nSPS) is 18.4. The SMILES string of the molecule is CCCCCN(C)S(=O)(=O)c1c(Cl)cc(Cl)cc1Cl.CN(C)C(c1ccccc1)C1CCC(NC(=O)O)CC1. The summed E-state index contributed by atoms with van der Waals surface area (Å²) in [6.45, 7) is 2.49. The Kier molecular flexibility index (Phi) is 13.8. The van der Waals surface area contributed by atoms with Gasteiger partial charge in [0.15, 0.2) is 0 Å². The molecule has 11 heteroatoms. The Morgan fingerprint density at radius 2 is 1.56 bits per heavy atom. The molecule has 1 fully saturated rings. The summed E-state index contributed by atoms with van der Waals surface area (Å²) in [6, 6.07) is 13.9. The number of hydrogen-bond acceptors (Lipinski definition) is 4. The third-order valence-corrected chi connectivity index (χ3v) is 9.95. The molecule has 2 aromatic carbocycles. The van der Waals surface area contributed by atoms with Crippen LogP contribution in [-0.4, -0.2) is 62.6 Å². The average Bonchev–Trinajstić information content (AvgIpc) is 2.85. The molecule has 0 radical (unpaired) electrons. The standard InChI is InChI=1S/C16H24N2O2.C12H16Cl3NO2S/c1-18(2)15(12-6-4-3-5-7-12)13-8-10-14(11-9-13)17-16(19)20;1-3-4-5-6-16(2)19(17,18)12-10(14)7-9(13)8-11(12)15/h3-7,13-15,17H,8-11H2,1-2H3,(H,19,20);7-8H,3-6H2,1-2H3. The molecule has 3 rings (SSSR count). The minimum absolute atomic E-state index is 0.0415. The number of sulfonamides is 1. The molecule has 218 valence electrons. The van der Waals surface area contributed by atoms with Crippen LogP contribution in [0.25, 0.3) is 0 Å². The van der Waals surface area contributed by atoms with E-state index < -0.39 is 16.1 Å². The lowest BCUT2D eigenvalue weighted by Gasteiger charge is -2.37. The molecule has 2 N–H and O–H groups in total. The zero-order chi connectivity index (χ0) is 29.2. The first-order valence-electron chi connectivity index (χ1n) is 13.2.